The van der Waals surface area contributed by atoms with Crippen molar-refractivity contribution in [1.29, 1.82) is 0 Å². The molecule has 6 nitrogen and oxygen atoms in total. The van der Waals surface area contributed by atoms with Gasteiger partial charge in [-0.3, -0.25) is 20.1 Å². The molecule has 2 heterocycles. The van der Waals surface area contributed by atoms with Gasteiger partial charge in [0.25, 0.3) is 0 Å². The standard InChI is InChI=1S/C22H24N4O2/c23-21(28)22(19-5-1-2-6-20(19)27,11-7-18-4-3-12-25-16-18)26-15-10-17-8-13-24-14-9-17/h1-6,8-9,12-14,16,26-27H,7,10-11,15H2,(H2,23,28). The van der Waals surface area contributed by atoms with Gasteiger partial charge in [-0.2, -0.15) is 0 Å². The number of aryl methyl sites for hydroxylation is 1. The molecule has 0 saturated heterocycles. The zero-order chi connectivity index (χ0) is 19.8. The van der Waals surface area contributed by atoms with Gasteiger partial charge >= 0.3 is 0 Å². The molecule has 1 unspecified atom stereocenters. The number of benzene rings is 1. The molecule has 0 aliphatic heterocycles. The molecule has 0 bridgehead atoms. The molecular weight excluding hydrogens is 352 g/mol. The van der Waals surface area contributed by atoms with Crippen LogP contribution in [0.2, 0.25) is 0 Å². The third-order valence-electron chi connectivity index (χ3n) is 4.89. The van der Waals surface area contributed by atoms with E-state index in [9.17, 15) is 9.90 Å². The van der Waals surface area contributed by atoms with Gasteiger partial charge in [0, 0.05) is 36.9 Å². The Morgan fingerprint density at radius 1 is 0.964 bits per heavy atom. The highest BCUT2D eigenvalue weighted by Gasteiger charge is 2.39. The lowest BCUT2D eigenvalue weighted by atomic mass is 9.82. The van der Waals surface area contributed by atoms with Crippen molar-refractivity contribution in [1.82, 2.24) is 15.3 Å². The van der Waals surface area contributed by atoms with Gasteiger partial charge in [-0.15, -0.1) is 0 Å². The second kappa shape index (κ2) is 9.10. The van der Waals surface area contributed by atoms with Crippen LogP contribution in [0.25, 0.3) is 0 Å². The minimum absolute atomic E-state index is 0.0453. The predicted molar refractivity (Wildman–Crippen MR) is 107 cm³/mol. The van der Waals surface area contributed by atoms with E-state index >= 15 is 0 Å². The SMILES string of the molecule is NC(=O)C(CCc1cccnc1)(NCCc1ccncc1)c1ccccc1O. The number of carbonyl (C=O) groups is 1. The lowest BCUT2D eigenvalue weighted by molar-refractivity contribution is -0.125. The van der Waals surface area contributed by atoms with Gasteiger partial charge in [0.15, 0.2) is 0 Å². The molecule has 0 radical (unpaired) electrons. The summed E-state index contributed by atoms with van der Waals surface area (Å²) in [5.74, 6) is -0.475. The highest BCUT2D eigenvalue weighted by Crippen LogP contribution is 2.33. The Bertz CT molecular complexity index is 903. The number of nitrogens with two attached hydrogens (primary N) is 1. The fraction of sp³-hybridized carbons (Fsp3) is 0.227. The molecule has 2 aromatic heterocycles. The normalized spacial score (nSPS) is 13.0. The van der Waals surface area contributed by atoms with Gasteiger partial charge in [-0.25, -0.2) is 0 Å². The summed E-state index contributed by atoms with van der Waals surface area (Å²) in [5.41, 5.74) is 7.28. The Morgan fingerprint density at radius 3 is 2.43 bits per heavy atom. The number of primary amides is 1. The molecule has 6 heteroatoms. The molecule has 0 saturated carbocycles. The van der Waals surface area contributed by atoms with E-state index in [-0.39, 0.29) is 5.75 Å². The molecule has 1 aromatic carbocycles. The molecule has 4 N–H and O–H groups in total. The monoisotopic (exact) mass is 376 g/mol. The zero-order valence-corrected chi connectivity index (χ0v) is 15.6. The molecular formula is C22H24N4O2. The highest BCUT2D eigenvalue weighted by atomic mass is 16.3. The highest BCUT2D eigenvalue weighted by molar-refractivity contribution is 5.87. The Kier molecular flexibility index (Phi) is 6.34. The van der Waals surface area contributed by atoms with Crippen LogP contribution in [0.3, 0.4) is 0 Å². The van der Waals surface area contributed by atoms with Crippen LogP contribution < -0.4 is 11.1 Å². The zero-order valence-electron chi connectivity index (χ0n) is 15.6. The van der Waals surface area contributed by atoms with E-state index in [2.05, 4.69) is 15.3 Å². The molecule has 3 rings (SSSR count). The number of hydrogen-bond acceptors (Lipinski definition) is 5. The van der Waals surface area contributed by atoms with Crippen molar-refractivity contribution in [2.24, 2.45) is 5.73 Å². The van der Waals surface area contributed by atoms with Crippen molar-refractivity contribution >= 4 is 5.91 Å². The van der Waals surface area contributed by atoms with Crippen LogP contribution in [-0.4, -0.2) is 27.5 Å². The summed E-state index contributed by atoms with van der Waals surface area (Å²) in [6.45, 7) is 0.522. The number of nitrogens with zero attached hydrogens (tertiary/aromatic N) is 2. The molecule has 28 heavy (non-hydrogen) atoms. The third-order valence-corrected chi connectivity index (χ3v) is 4.89. The number of para-hydroxylation sites is 1. The van der Waals surface area contributed by atoms with Crippen molar-refractivity contribution in [3.05, 3.63) is 90.0 Å². The van der Waals surface area contributed by atoms with Crippen LogP contribution in [0.5, 0.6) is 5.75 Å². The molecule has 1 amide bonds. The number of nitrogens with one attached hydrogen (secondary N) is 1. The summed E-state index contributed by atoms with van der Waals surface area (Å²) in [7, 11) is 0. The van der Waals surface area contributed by atoms with E-state index in [1.54, 1.807) is 49.1 Å². The molecule has 144 valence electrons. The number of amides is 1. The van der Waals surface area contributed by atoms with Gasteiger partial charge in [-0.05, 0) is 54.7 Å². The van der Waals surface area contributed by atoms with Crippen LogP contribution >= 0.6 is 0 Å². The van der Waals surface area contributed by atoms with Crippen LogP contribution in [0.4, 0.5) is 0 Å². The van der Waals surface area contributed by atoms with E-state index < -0.39 is 11.4 Å². The minimum Gasteiger partial charge on any atom is -0.508 e. The van der Waals surface area contributed by atoms with E-state index in [0.717, 1.165) is 11.1 Å². The minimum atomic E-state index is -1.19. The van der Waals surface area contributed by atoms with Crippen molar-refractivity contribution in [2.45, 2.75) is 24.8 Å². The van der Waals surface area contributed by atoms with Crippen LogP contribution in [0.1, 0.15) is 23.1 Å². The topological polar surface area (TPSA) is 101 Å². The Hall–Kier alpha value is -3.25. The Labute approximate surface area is 164 Å². The van der Waals surface area contributed by atoms with E-state index in [4.69, 9.17) is 5.73 Å². The number of carbonyl (C=O) groups excluding carboxylic acids is 1. The summed E-state index contributed by atoms with van der Waals surface area (Å²) in [6, 6.07) is 14.5. The molecule has 3 aromatic rings. The van der Waals surface area contributed by atoms with Gasteiger partial charge < -0.3 is 10.8 Å². The maximum atomic E-state index is 12.7. The first-order chi connectivity index (χ1) is 13.6. The first-order valence-corrected chi connectivity index (χ1v) is 9.23. The average molecular weight is 376 g/mol. The summed E-state index contributed by atoms with van der Waals surface area (Å²) in [4.78, 5) is 20.8. The van der Waals surface area contributed by atoms with Crippen molar-refractivity contribution in [3.8, 4) is 5.75 Å². The number of phenols is 1. The maximum absolute atomic E-state index is 12.7. The van der Waals surface area contributed by atoms with Gasteiger partial charge in [0.2, 0.25) is 5.91 Å². The first kappa shape index (κ1) is 19.5. The number of phenolic OH excluding ortho intramolecular Hbond substituents is 1. The molecule has 0 aliphatic carbocycles. The second-order valence-corrected chi connectivity index (χ2v) is 6.68. The Balaban J connectivity index is 1.86. The second-order valence-electron chi connectivity index (χ2n) is 6.68. The van der Waals surface area contributed by atoms with Gasteiger partial charge in [0.05, 0.1) is 0 Å². The fourth-order valence-electron chi connectivity index (χ4n) is 3.34. The maximum Gasteiger partial charge on any atom is 0.242 e. The summed E-state index contributed by atoms with van der Waals surface area (Å²) in [5, 5.41) is 13.8. The van der Waals surface area contributed by atoms with E-state index in [1.807, 2.05) is 24.3 Å². The van der Waals surface area contributed by atoms with Crippen LogP contribution in [-0.2, 0) is 23.2 Å². The lowest BCUT2D eigenvalue weighted by Gasteiger charge is -2.33. The third kappa shape index (κ3) is 4.53. The predicted octanol–water partition coefficient (Wildman–Crippen LogP) is 2.33. The van der Waals surface area contributed by atoms with Crippen LogP contribution in [0.15, 0.2) is 73.3 Å². The fourth-order valence-corrected chi connectivity index (χ4v) is 3.34. The first-order valence-electron chi connectivity index (χ1n) is 9.23. The summed E-state index contributed by atoms with van der Waals surface area (Å²) < 4.78 is 0. The van der Waals surface area contributed by atoms with Crippen molar-refractivity contribution in [2.75, 3.05) is 6.54 Å². The van der Waals surface area contributed by atoms with Crippen molar-refractivity contribution in [3.63, 3.8) is 0 Å². The van der Waals surface area contributed by atoms with E-state index in [0.29, 0.717) is 31.4 Å². The number of aromatic hydroxyl groups is 1. The smallest absolute Gasteiger partial charge is 0.242 e. The largest absolute Gasteiger partial charge is 0.508 e. The summed E-state index contributed by atoms with van der Waals surface area (Å²) in [6.07, 6.45) is 8.66. The molecule has 1 atom stereocenters. The molecule has 0 aliphatic rings. The quantitative estimate of drug-likeness (QED) is 0.532. The number of rotatable bonds is 9. The van der Waals surface area contributed by atoms with Gasteiger partial charge in [0.1, 0.15) is 11.3 Å². The van der Waals surface area contributed by atoms with Crippen molar-refractivity contribution < 1.29 is 9.90 Å². The number of pyridine rings is 2. The Morgan fingerprint density at radius 2 is 1.75 bits per heavy atom. The van der Waals surface area contributed by atoms with Gasteiger partial charge in [-0.1, -0.05) is 24.3 Å². The van der Waals surface area contributed by atoms with E-state index in [1.165, 1.54) is 0 Å². The number of hydrogen-bond donors (Lipinski definition) is 3. The lowest BCUT2D eigenvalue weighted by Crippen LogP contribution is -2.53. The molecule has 0 spiro atoms. The van der Waals surface area contributed by atoms with Crippen LogP contribution in [0, 0.1) is 0 Å². The molecule has 0 fully saturated rings. The average Bonchev–Trinajstić information content (AvgIpc) is 2.72. The summed E-state index contributed by atoms with van der Waals surface area (Å²) >= 11 is 0. The number of aromatic nitrogens is 2.